The first kappa shape index (κ1) is 18.1. The maximum atomic E-state index is 13.9. The van der Waals surface area contributed by atoms with Crippen LogP contribution in [0.15, 0.2) is 60.8 Å². The molecule has 0 aliphatic rings. The first-order valence-electron chi connectivity index (χ1n) is 7.49. The lowest BCUT2D eigenvalue weighted by molar-refractivity contribution is -0.118. The molecule has 134 valence electrons. The van der Waals surface area contributed by atoms with Crippen LogP contribution >= 0.6 is 11.3 Å². The lowest BCUT2D eigenvalue weighted by atomic mass is 10.2. The molecule has 0 radical (unpaired) electrons. The molecular weight excluding hydrogens is 368 g/mol. The Labute approximate surface area is 150 Å². The van der Waals surface area contributed by atoms with Gasteiger partial charge in [-0.15, -0.1) is 11.3 Å². The molecule has 2 heterocycles. The Kier molecular flexibility index (Phi) is 5.03. The van der Waals surface area contributed by atoms with Gasteiger partial charge in [0.25, 0.3) is 5.91 Å². The Balaban J connectivity index is 1.94. The molecule has 26 heavy (non-hydrogen) atoms. The molecule has 0 spiro atoms. The van der Waals surface area contributed by atoms with Gasteiger partial charge >= 0.3 is 6.18 Å². The first-order chi connectivity index (χ1) is 12.3. The first-order valence-corrected chi connectivity index (χ1v) is 8.31. The van der Waals surface area contributed by atoms with E-state index in [1.165, 1.54) is 42.6 Å². The molecule has 1 amide bonds. The number of amides is 1. The average molecular weight is 380 g/mol. The van der Waals surface area contributed by atoms with Gasteiger partial charge in [0.2, 0.25) is 0 Å². The van der Waals surface area contributed by atoms with Crippen LogP contribution in [0, 0.1) is 5.82 Å². The third-order valence-corrected chi connectivity index (χ3v) is 4.57. The number of nitrogens with zero attached hydrogens (tertiary/aromatic N) is 2. The van der Waals surface area contributed by atoms with Gasteiger partial charge < -0.3 is 0 Å². The van der Waals surface area contributed by atoms with Crippen molar-refractivity contribution in [3.63, 3.8) is 0 Å². The summed E-state index contributed by atoms with van der Waals surface area (Å²) in [6.45, 7) is -1.46. The molecule has 0 atom stereocenters. The summed E-state index contributed by atoms with van der Waals surface area (Å²) in [6.07, 6.45) is -3.27. The number of pyridine rings is 1. The summed E-state index contributed by atoms with van der Waals surface area (Å²) in [5.74, 6) is -1.41. The maximum absolute atomic E-state index is 13.9. The summed E-state index contributed by atoms with van der Waals surface area (Å²) in [7, 11) is 0. The van der Waals surface area contributed by atoms with Crippen molar-refractivity contribution in [2.75, 3.05) is 11.4 Å². The smallest absolute Gasteiger partial charge is 0.283 e. The van der Waals surface area contributed by atoms with Gasteiger partial charge in [0.1, 0.15) is 18.2 Å². The Bertz CT molecular complexity index is 909. The van der Waals surface area contributed by atoms with Crippen LogP contribution in [0.3, 0.4) is 0 Å². The van der Waals surface area contributed by atoms with E-state index >= 15 is 0 Å². The SMILES string of the molecule is O=C(c1ccc(-c2ccccc2F)s1)N(CC(F)(F)F)c1ccccn1. The molecule has 0 N–H and O–H groups in total. The van der Waals surface area contributed by atoms with Crippen molar-refractivity contribution in [1.29, 1.82) is 0 Å². The highest BCUT2D eigenvalue weighted by Crippen LogP contribution is 2.32. The van der Waals surface area contributed by atoms with E-state index in [-0.39, 0.29) is 16.3 Å². The van der Waals surface area contributed by atoms with Crippen LogP contribution in [-0.2, 0) is 0 Å². The lowest BCUT2D eigenvalue weighted by Gasteiger charge is -2.22. The summed E-state index contributed by atoms with van der Waals surface area (Å²) in [5.41, 5.74) is 0.289. The number of benzene rings is 1. The highest BCUT2D eigenvalue weighted by atomic mass is 32.1. The summed E-state index contributed by atoms with van der Waals surface area (Å²) in [5, 5.41) is 0. The fourth-order valence-electron chi connectivity index (χ4n) is 2.34. The molecule has 0 bridgehead atoms. The van der Waals surface area contributed by atoms with Crippen molar-refractivity contribution < 1.29 is 22.4 Å². The summed E-state index contributed by atoms with van der Waals surface area (Å²) < 4.78 is 52.7. The molecule has 0 fully saturated rings. The third-order valence-electron chi connectivity index (χ3n) is 3.46. The number of carbonyl (C=O) groups is 1. The molecule has 2 aromatic heterocycles. The van der Waals surface area contributed by atoms with Crippen LogP contribution in [-0.4, -0.2) is 23.6 Å². The zero-order chi connectivity index (χ0) is 18.7. The van der Waals surface area contributed by atoms with E-state index in [1.807, 2.05) is 0 Å². The number of hydrogen-bond acceptors (Lipinski definition) is 3. The zero-order valence-corrected chi connectivity index (χ0v) is 14.0. The van der Waals surface area contributed by atoms with Gasteiger partial charge in [-0.2, -0.15) is 13.2 Å². The van der Waals surface area contributed by atoms with E-state index in [9.17, 15) is 22.4 Å². The molecule has 0 saturated heterocycles. The normalized spacial score (nSPS) is 11.4. The second-order valence-electron chi connectivity index (χ2n) is 5.34. The fraction of sp³-hybridized carbons (Fsp3) is 0.111. The van der Waals surface area contributed by atoms with E-state index in [0.29, 0.717) is 9.78 Å². The molecule has 3 rings (SSSR count). The Morgan fingerprint density at radius 3 is 2.42 bits per heavy atom. The molecule has 3 nitrogen and oxygen atoms in total. The van der Waals surface area contributed by atoms with E-state index in [4.69, 9.17) is 0 Å². The Morgan fingerprint density at radius 2 is 1.77 bits per heavy atom. The Morgan fingerprint density at radius 1 is 1.04 bits per heavy atom. The predicted molar refractivity (Wildman–Crippen MR) is 91.7 cm³/mol. The monoisotopic (exact) mass is 380 g/mol. The van der Waals surface area contributed by atoms with E-state index in [0.717, 1.165) is 11.3 Å². The maximum Gasteiger partial charge on any atom is 0.406 e. The molecule has 0 saturated carbocycles. The van der Waals surface area contributed by atoms with Crippen LogP contribution in [0.4, 0.5) is 23.4 Å². The van der Waals surface area contributed by atoms with Crippen LogP contribution < -0.4 is 4.90 Å². The number of rotatable bonds is 4. The largest absolute Gasteiger partial charge is 0.406 e. The van der Waals surface area contributed by atoms with Gasteiger partial charge in [0.15, 0.2) is 0 Å². The van der Waals surface area contributed by atoms with Crippen LogP contribution in [0.25, 0.3) is 10.4 Å². The van der Waals surface area contributed by atoms with Gasteiger partial charge in [-0.25, -0.2) is 9.37 Å². The minimum absolute atomic E-state index is 0.0677. The zero-order valence-electron chi connectivity index (χ0n) is 13.2. The number of aromatic nitrogens is 1. The van der Waals surface area contributed by atoms with Gasteiger partial charge in [-0.05, 0) is 30.3 Å². The molecule has 0 unspecified atom stereocenters. The molecule has 0 aliphatic carbocycles. The fourth-order valence-corrected chi connectivity index (χ4v) is 3.32. The number of thiophene rings is 1. The van der Waals surface area contributed by atoms with Crippen LogP contribution in [0.1, 0.15) is 9.67 Å². The standard InChI is InChI=1S/C18H12F4N2OS/c19-13-6-2-1-5-12(13)14-8-9-15(26-14)17(25)24(11-18(20,21)22)16-7-3-4-10-23-16/h1-10H,11H2. The second kappa shape index (κ2) is 7.25. The van der Waals surface area contributed by atoms with E-state index < -0.39 is 24.4 Å². The van der Waals surface area contributed by atoms with E-state index in [2.05, 4.69) is 4.98 Å². The van der Waals surface area contributed by atoms with Crippen molar-refractivity contribution in [2.45, 2.75) is 6.18 Å². The quantitative estimate of drug-likeness (QED) is 0.586. The molecule has 3 aromatic rings. The highest BCUT2D eigenvalue weighted by molar-refractivity contribution is 7.17. The van der Waals surface area contributed by atoms with Gasteiger partial charge in [-0.1, -0.05) is 24.3 Å². The minimum Gasteiger partial charge on any atom is -0.283 e. The van der Waals surface area contributed by atoms with Crippen molar-refractivity contribution >= 4 is 23.1 Å². The van der Waals surface area contributed by atoms with Crippen molar-refractivity contribution in [2.24, 2.45) is 0 Å². The number of anilines is 1. The van der Waals surface area contributed by atoms with Crippen molar-refractivity contribution in [3.8, 4) is 10.4 Å². The number of halogens is 4. The van der Waals surface area contributed by atoms with E-state index in [1.54, 1.807) is 18.2 Å². The van der Waals surface area contributed by atoms with Crippen LogP contribution in [0.2, 0.25) is 0 Å². The predicted octanol–water partition coefficient (Wildman–Crippen LogP) is 5.16. The van der Waals surface area contributed by atoms with Crippen molar-refractivity contribution in [1.82, 2.24) is 4.98 Å². The Hall–Kier alpha value is -2.74. The molecule has 8 heteroatoms. The summed E-state index contributed by atoms with van der Waals surface area (Å²) in [4.78, 5) is 17.6. The van der Waals surface area contributed by atoms with Gasteiger partial charge in [-0.3, -0.25) is 9.69 Å². The average Bonchev–Trinajstić information content (AvgIpc) is 3.09. The molecule has 0 aliphatic heterocycles. The highest BCUT2D eigenvalue weighted by Gasteiger charge is 2.35. The number of carbonyl (C=O) groups excluding carboxylic acids is 1. The number of alkyl halides is 3. The summed E-state index contributed by atoms with van der Waals surface area (Å²) in [6, 6.07) is 13.3. The van der Waals surface area contributed by atoms with Gasteiger partial charge in [0, 0.05) is 16.6 Å². The topological polar surface area (TPSA) is 33.2 Å². The van der Waals surface area contributed by atoms with Crippen LogP contribution in [0.5, 0.6) is 0 Å². The second-order valence-corrected chi connectivity index (χ2v) is 6.42. The minimum atomic E-state index is -4.58. The van der Waals surface area contributed by atoms with Crippen molar-refractivity contribution in [3.05, 3.63) is 71.5 Å². The molecular formula is C18H12F4N2OS. The number of hydrogen-bond donors (Lipinski definition) is 0. The third kappa shape index (κ3) is 4.08. The van der Waals surface area contributed by atoms with Gasteiger partial charge in [0.05, 0.1) is 4.88 Å². The molecule has 1 aromatic carbocycles. The summed E-state index contributed by atoms with van der Waals surface area (Å²) >= 11 is 0.931. The lowest BCUT2D eigenvalue weighted by Crippen LogP contribution is -2.39.